The molecule has 0 radical (unpaired) electrons. The first-order valence-electron chi connectivity index (χ1n) is 7.39. The normalized spacial score (nSPS) is 17.6. The minimum absolute atomic E-state index is 0.307. The Balaban J connectivity index is 2.13. The number of carbonyl (C=O) groups is 3. The SMILES string of the molecule is CC(C(=O)O)N1C(=O)C(c2ccccc2)Oc2cc(C=O)ccc21. The average molecular weight is 325 g/mol. The summed E-state index contributed by atoms with van der Waals surface area (Å²) in [5.41, 5.74) is 1.35. The number of amides is 1. The molecule has 1 N–H and O–H groups in total. The summed E-state index contributed by atoms with van der Waals surface area (Å²) in [6, 6.07) is 12.3. The number of anilines is 1. The lowest BCUT2D eigenvalue weighted by molar-refractivity contribution is -0.141. The van der Waals surface area contributed by atoms with Gasteiger partial charge in [-0.3, -0.25) is 14.5 Å². The van der Waals surface area contributed by atoms with E-state index >= 15 is 0 Å². The Morgan fingerprint density at radius 2 is 1.96 bits per heavy atom. The van der Waals surface area contributed by atoms with Crippen LogP contribution in [0.2, 0.25) is 0 Å². The van der Waals surface area contributed by atoms with E-state index in [4.69, 9.17) is 4.74 Å². The van der Waals surface area contributed by atoms with Crippen LogP contribution in [0.5, 0.6) is 5.75 Å². The fourth-order valence-corrected chi connectivity index (χ4v) is 2.67. The number of rotatable bonds is 4. The number of carbonyl (C=O) groups excluding carboxylic acids is 2. The second-order valence-electron chi connectivity index (χ2n) is 5.48. The van der Waals surface area contributed by atoms with Crippen LogP contribution in [-0.4, -0.2) is 29.3 Å². The number of carboxylic acids is 1. The summed E-state index contributed by atoms with van der Waals surface area (Å²) in [4.78, 5) is 36.5. The number of benzene rings is 2. The van der Waals surface area contributed by atoms with Crippen molar-refractivity contribution >= 4 is 23.9 Å². The van der Waals surface area contributed by atoms with Crippen LogP contribution in [-0.2, 0) is 9.59 Å². The van der Waals surface area contributed by atoms with Gasteiger partial charge in [-0.25, -0.2) is 4.79 Å². The van der Waals surface area contributed by atoms with Crippen molar-refractivity contribution in [2.75, 3.05) is 4.90 Å². The zero-order valence-electron chi connectivity index (χ0n) is 12.9. The van der Waals surface area contributed by atoms with Crippen LogP contribution in [0.3, 0.4) is 0 Å². The van der Waals surface area contributed by atoms with E-state index in [0.717, 1.165) is 0 Å². The molecule has 0 bridgehead atoms. The Kier molecular flexibility index (Phi) is 4.04. The molecule has 0 aliphatic carbocycles. The first kappa shape index (κ1) is 15.7. The van der Waals surface area contributed by atoms with E-state index < -0.39 is 24.0 Å². The van der Waals surface area contributed by atoms with Crippen LogP contribution in [0.4, 0.5) is 5.69 Å². The van der Waals surface area contributed by atoms with E-state index in [0.29, 0.717) is 28.8 Å². The first-order valence-corrected chi connectivity index (χ1v) is 7.39. The van der Waals surface area contributed by atoms with Gasteiger partial charge in [0.05, 0.1) is 5.69 Å². The molecule has 0 saturated heterocycles. The Morgan fingerprint density at radius 3 is 2.58 bits per heavy atom. The van der Waals surface area contributed by atoms with Crippen molar-refractivity contribution in [2.45, 2.75) is 19.1 Å². The van der Waals surface area contributed by atoms with E-state index in [-0.39, 0.29) is 0 Å². The molecule has 24 heavy (non-hydrogen) atoms. The van der Waals surface area contributed by atoms with Crippen LogP contribution in [0.15, 0.2) is 48.5 Å². The highest BCUT2D eigenvalue weighted by Crippen LogP contribution is 2.40. The Labute approximate surface area is 138 Å². The fourth-order valence-electron chi connectivity index (χ4n) is 2.67. The van der Waals surface area contributed by atoms with Gasteiger partial charge in [-0.1, -0.05) is 30.3 Å². The summed E-state index contributed by atoms with van der Waals surface area (Å²) in [6.07, 6.45) is -0.287. The summed E-state index contributed by atoms with van der Waals surface area (Å²) in [5, 5.41) is 9.34. The Morgan fingerprint density at radius 1 is 1.25 bits per heavy atom. The maximum absolute atomic E-state index is 12.9. The van der Waals surface area contributed by atoms with Gasteiger partial charge >= 0.3 is 5.97 Å². The summed E-state index contributed by atoms with van der Waals surface area (Å²) >= 11 is 0. The third-order valence-corrected chi connectivity index (χ3v) is 3.93. The van der Waals surface area contributed by atoms with Gasteiger partial charge in [-0.2, -0.15) is 0 Å². The number of carboxylic acid groups (broad SMARTS) is 1. The molecule has 3 rings (SSSR count). The number of fused-ring (bicyclic) bond motifs is 1. The highest BCUT2D eigenvalue weighted by atomic mass is 16.5. The molecule has 1 aliphatic heterocycles. The number of hydrogen-bond acceptors (Lipinski definition) is 4. The molecular weight excluding hydrogens is 310 g/mol. The van der Waals surface area contributed by atoms with E-state index in [1.807, 2.05) is 6.07 Å². The fraction of sp³-hybridized carbons (Fsp3) is 0.167. The topological polar surface area (TPSA) is 83.9 Å². The van der Waals surface area contributed by atoms with Crippen LogP contribution >= 0.6 is 0 Å². The smallest absolute Gasteiger partial charge is 0.326 e. The van der Waals surface area contributed by atoms with E-state index in [1.54, 1.807) is 24.3 Å². The van der Waals surface area contributed by atoms with Crippen LogP contribution < -0.4 is 9.64 Å². The predicted octanol–water partition coefficient (Wildman–Crippen LogP) is 2.44. The van der Waals surface area contributed by atoms with Gasteiger partial charge in [-0.15, -0.1) is 0 Å². The molecule has 2 unspecified atom stereocenters. The third kappa shape index (κ3) is 2.62. The van der Waals surface area contributed by atoms with Crippen molar-refractivity contribution < 1.29 is 24.2 Å². The van der Waals surface area contributed by atoms with Gasteiger partial charge < -0.3 is 9.84 Å². The zero-order chi connectivity index (χ0) is 17.3. The summed E-state index contributed by atoms with van der Waals surface area (Å²) in [7, 11) is 0. The standard InChI is InChI=1S/C18H15NO5/c1-11(18(22)23)19-14-8-7-12(10-20)9-15(14)24-16(17(19)21)13-5-3-2-4-6-13/h2-11,16H,1H3,(H,22,23). The monoisotopic (exact) mass is 325 g/mol. The maximum atomic E-state index is 12.9. The Hall–Kier alpha value is -3.15. The molecule has 1 heterocycles. The van der Waals surface area contributed by atoms with Gasteiger partial charge in [0.1, 0.15) is 18.1 Å². The van der Waals surface area contributed by atoms with Crippen LogP contribution in [0, 0.1) is 0 Å². The van der Waals surface area contributed by atoms with Crippen molar-refractivity contribution in [3.63, 3.8) is 0 Å². The van der Waals surface area contributed by atoms with E-state index in [1.165, 1.54) is 30.0 Å². The summed E-state index contributed by atoms with van der Waals surface area (Å²) in [6.45, 7) is 1.44. The molecule has 6 heteroatoms. The van der Waals surface area contributed by atoms with E-state index in [9.17, 15) is 19.5 Å². The first-order chi connectivity index (χ1) is 11.5. The molecule has 0 saturated carbocycles. The van der Waals surface area contributed by atoms with Crippen molar-refractivity contribution in [1.29, 1.82) is 0 Å². The molecule has 2 atom stereocenters. The molecule has 0 fully saturated rings. The second-order valence-corrected chi connectivity index (χ2v) is 5.48. The lowest BCUT2D eigenvalue weighted by Crippen LogP contribution is -2.49. The Bertz CT molecular complexity index is 802. The number of ether oxygens (including phenoxy) is 1. The lowest BCUT2D eigenvalue weighted by Gasteiger charge is -2.36. The van der Waals surface area contributed by atoms with Crippen molar-refractivity contribution in [3.8, 4) is 5.75 Å². The van der Waals surface area contributed by atoms with Crippen molar-refractivity contribution in [2.24, 2.45) is 0 Å². The summed E-state index contributed by atoms with van der Waals surface area (Å²) in [5.74, 6) is -1.27. The van der Waals surface area contributed by atoms with Gasteiger partial charge in [-0.05, 0) is 25.1 Å². The largest absolute Gasteiger partial charge is 0.480 e. The van der Waals surface area contributed by atoms with Crippen molar-refractivity contribution in [1.82, 2.24) is 0 Å². The molecule has 6 nitrogen and oxygen atoms in total. The second kappa shape index (κ2) is 6.16. The highest BCUT2D eigenvalue weighted by molar-refractivity contribution is 6.05. The number of hydrogen-bond donors (Lipinski definition) is 1. The van der Waals surface area contributed by atoms with E-state index in [2.05, 4.69) is 0 Å². The summed E-state index contributed by atoms with van der Waals surface area (Å²) < 4.78 is 5.79. The minimum Gasteiger partial charge on any atom is -0.480 e. The van der Waals surface area contributed by atoms with Crippen LogP contribution in [0.25, 0.3) is 0 Å². The molecule has 122 valence electrons. The molecule has 0 aromatic heterocycles. The minimum atomic E-state index is -1.12. The molecule has 2 aromatic carbocycles. The van der Waals surface area contributed by atoms with Gasteiger partial charge in [0.25, 0.3) is 5.91 Å². The molecule has 1 amide bonds. The zero-order valence-corrected chi connectivity index (χ0v) is 12.9. The molecule has 1 aliphatic rings. The predicted molar refractivity (Wildman–Crippen MR) is 86.2 cm³/mol. The molecule has 2 aromatic rings. The number of nitrogens with zero attached hydrogens (tertiary/aromatic N) is 1. The van der Waals surface area contributed by atoms with Crippen molar-refractivity contribution in [3.05, 3.63) is 59.7 Å². The highest BCUT2D eigenvalue weighted by Gasteiger charge is 2.40. The molecule has 0 spiro atoms. The number of aldehydes is 1. The van der Waals surface area contributed by atoms with Gasteiger partial charge in [0, 0.05) is 11.1 Å². The quantitative estimate of drug-likeness (QED) is 0.873. The maximum Gasteiger partial charge on any atom is 0.326 e. The average Bonchev–Trinajstić information content (AvgIpc) is 2.61. The van der Waals surface area contributed by atoms with Crippen LogP contribution in [0.1, 0.15) is 28.9 Å². The third-order valence-electron chi connectivity index (χ3n) is 3.93. The van der Waals surface area contributed by atoms with Gasteiger partial charge in [0.2, 0.25) is 6.10 Å². The molecular formula is C18H15NO5. The lowest BCUT2D eigenvalue weighted by atomic mass is 10.0. The number of aliphatic carboxylic acids is 1. The van der Waals surface area contributed by atoms with Gasteiger partial charge in [0.15, 0.2) is 0 Å².